The second-order valence-corrected chi connectivity index (χ2v) is 4.81. The molecule has 0 radical (unpaired) electrons. The topological polar surface area (TPSA) is 46.2 Å². The van der Waals surface area contributed by atoms with Crippen molar-refractivity contribution < 1.29 is 5.11 Å². The van der Waals surface area contributed by atoms with Gasteiger partial charge in [0.25, 0.3) is 0 Å². The third kappa shape index (κ3) is 1.94. The first-order valence-electron chi connectivity index (χ1n) is 6.00. The van der Waals surface area contributed by atoms with Gasteiger partial charge in [0.15, 0.2) is 0 Å². The number of fused-ring (bicyclic) bond motifs is 1. The monoisotopic (exact) mass is 229 g/mol. The molecule has 1 unspecified atom stereocenters. The molecule has 1 atom stereocenters. The zero-order chi connectivity index (χ0) is 12.5. The lowest BCUT2D eigenvalue weighted by Crippen LogP contribution is -2.40. The maximum Gasteiger partial charge on any atom is 0.105 e. The Labute approximate surface area is 102 Å². The predicted molar refractivity (Wildman–Crippen MR) is 71.7 cm³/mol. The Morgan fingerprint density at radius 2 is 1.76 bits per heavy atom. The van der Waals surface area contributed by atoms with Crippen molar-refractivity contribution in [1.82, 2.24) is 0 Å². The summed E-state index contributed by atoms with van der Waals surface area (Å²) in [6.07, 6.45) is 0. The highest BCUT2D eigenvalue weighted by atomic mass is 16.3. The van der Waals surface area contributed by atoms with Crippen molar-refractivity contribution in [3.63, 3.8) is 0 Å². The third-order valence-electron chi connectivity index (χ3n) is 3.52. The summed E-state index contributed by atoms with van der Waals surface area (Å²) in [5.74, 6) is 0.0818. The van der Waals surface area contributed by atoms with E-state index < -0.39 is 5.60 Å². The van der Waals surface area contributed by atoms with E-state index in [0.717, 1.165) is 16.3 Å². The molecule has 90 valence electrons. The Bertz CT molecular complexity index is 516. The van der Waals surface area contributed by atoms with Crippen LogP contribution in [-0.2, 0) is 5.60 Å². The average Bonchev–Trinajstić information content (AvgIpc) is 2.37. The van der Waals surface area contributed by atoms with Gasteiger partial charge in [-0.3, -0.25) is 0 Å². The highest BCUT2D eigenvalue weighted by molar-refractivity contribution is 5.86. The summed E-state index contributed by atoms with van der Waals surface area (Å²) < 4.78 is 0. The number of aliphatic hydroxyl groups is 1. The Balaban J connectivity index is 2.70. The van der Waals surface area contributed by atoms with Crippen LogP contribution in [0.1, 0.15) is 19.4 Å². The van der Waals surface area contributed by atoms with Gasteiger partial charge in [0.1, 0.15) is 5.60 Å². The van der Waals surface area contributed by atoms with Gasteiger partial charge in [-0.15, -0.1) is 0 Å². The fraction of sp³-hybridized carbons (Fsp3) is 0.333. The van der Waals surface area contributed by atoms with Gasteiger partial charge in [-0.2, -0.15) is 0 Å². The van der Waals surface area contributed by atoms with Crippen LogP contribution in [0.4, 0.5) is 0 Å². The normalized spacial score (nSPS) is 15.1. The Kier molecular flexibility index (Phi) is 3.18. The van der Waals surface area contributed by atoms with E-state index in [1.807, 2.05) is 44.2 Å². The quantitative estimate of drug-likeness (QED) is 0.850. The molecule has 3 N–H and O–H groups in total. The molecule has 0 aliphatic rings. The largest absolute Gasteiger partial charge is 0.384 e. The average molecular weight is 229 g/mol. The molecule has 2 aromatic rings. The minimum atomic E-state index is -0.957. The van der Waals surface area contributed by atoms with Crippen molar-refractivity contribution in [3.05, 3.63) is 48.0 Å². The molecule has 2 rings (SSSR count). The molecule has 0 aromatic heterocycles. The molecule has 0 aliphatic heterocycles. The van der Waals surface area contributed by atoms with Crippen LogP contribution in [0.25, 0.3) is 10.8 Å². The standard InChI is InChI=1S/C15H19NO/c1-11(2)15(17,10-16)14-9-5-7-12-6-3-4-8-13(12)14/h3-9,11,17H,10,16H2,1-2H3. The van der Waals surface area contributed by atoms with Crippen LogP contribution in [0.5, 0.6) is 0 Å². The minimum Gasteiger partial charge on any atom is -0.384 e. The molecule has 0 saturated carbocycles. The summed E-state index contributed by atoms with van der Waals surface area (Å²) >= 11 is 0. The van der Waals surface area contributed by atoms with E-state index in [2.05, 4.69) is 12.1 Å². The maximum absolute atomic E-state index is 10.7. The molecular weight excluding hydrogens is 210 g/mol. The van der Waals surface area contributed by atoms with Crippen molar-refractivity contribution >= 4 is 10.8 Å². The molecule has 0 aliphatic carbocycles. The van der Waals surface area contributed by atoms with Crippen LogP contribution in [0.15, 0.2) is 42.5 Å². The van der Waals surface area contributed by atoms with Crippen molar-refractivity contribution in [1.29, 1.82) is 0 Å². The second-order valence-electron chi connectivity index (χ2n) is 4.81. The molecule has 0 amide bonds. The number of nitrogens with two attached hydrogens (primary N) is 1. The highest BCUT2D eigenvalue weighted by Crippen LogP contribution is 2.33. The lowest BCUT2D eigenvalue weighted by atomic mass is 9.81. The molecule has 17 heavy (non-hydrogen) atoms. The van der Waals surface area contributed by atoms with Gasteiger partial charge >= 0.3 is 0 Å². The second kappa shape index (κ2) is 4.47. The van der Waals surface area contributed by atoms with Crippen LogP contribution in [-0.4, -0.2) is 11.7 Å². The zero-order valence-corrected chi connectivity index (χ0v) is 10.4. The van der Waals surface area contributed by atoms with E-state index in [0.29, 0.717) is 0 Å². The number of hydrogen-bond acceptors (Lipinski definition) is 2. The number of benzene rings is 2. The number of hydrogen-bond donors (Lipinski definition) is 2. The summed E-state index contributed by atoms with van der Waals surface area (Å²) in [6.45, 7) is 4.22. The summed E-state index contributed by atoms with van der Waals surface area (Å²) in [7, 11) is 0. The summed E-state index contributed by atoms with van der Waals surface area (Å²) in [4.78, 5) is 0. The van der Waals surface area contributed by atoms with Crippen molar-refractivity contribution in [3.8, 4) is 0 Å². The molecule has 2 nitrogen and oxygen atoms in total. The first-order chi connectivity index (χ1) is 8.09. The van der Waals surface area contributed by atoms with Crippen LogP contribution >= 0.6 is 0 Å². The zero-order valence-electron chi connectivity index (χ0n) is 10.4. The van der Waals surface area contributed by atoms with Crippen LogP contribution in [0, 0.1) is 5.92 Å². The Morgan fingerprint density at radius 1 is 1.12 bits per heavy atom. The lowest BCUT2D eigenvalue weighted by Gasteiger charge is -2.32. The lowest BCUT2D eigenvalue weighted by molar-refractivity contribution is 0.000280. The van der Waals surface area contributed by atoms with Gasteiger partial charge in [0.2, 0.25) is 0 Å². The van der Waals surface area contributed by atoms with E-state index in [4.69, 9.17) is 5.73 Å². The fourth-order valence-corrected chi connectivity index (χ4v) is 2.26. The minimum absolute atomic E-state index is 0.0818. The molecular formula is C15H19NO. The van der Waals surface area contributed by atoms with Crippen molar-refractivity contribution in [2.75, 3.05) is 6.54 Å². The van der Waals surface area contributed by atoms with Crippen molar-refractivity contribution in [2.45, 2.75) is 19.4 Å². The smallest absolute Gasteiger partial charge is 0.105 e. The molecule has 2 heteroatoms. The van der Waals surface area contributed by atoms with Gasteiger partial charge in [-0.05, 0) is 22.3 Å². The van der Waals surface area contributed by atoms with Gasteiger partial charge in [0.05, 0.1) is 0 Å². The summed E-state index contributed by atoms with van der Waals surface area (Å²) in [6, 6.07) is 14.1. The van der Waals surface area contributed by atoms with Gasteiger partial charge < -0.3 is 10.8 Å². The van der Waals surface area contributed by atoms with E-state index in [1.54, 1.807) is 0 Å². The fourth-order valence-electron chi connectivity index (χ4n) is 2.26. The van der Waals surface area contributed by atoms with E-state index in [9.17, 15) is 5.11 Å². The van der Waals surface area contributed by atoms with Crippen LogP contribution < -0.4 is 5.73 Å². The Hall–Kier alpha value is -1.38. The van der Waals surface area contributed by atoms with Gasteiger partial charge in [0, 0.05) is 6.54 Å². The summed E-state index contributed by atoms with van der Waals surface area (Å²) in [5.41, 5.74) is 5.75. The molecule has 0 saturated heterocycles. The third-order valence-corrected chi connectivity index (χ3v) is 3.52. The first-order valence-corrected chi connectivity index (χ1v) is 6.00. The van der Waals surface area contributed by atoms with E-state index >= 15 is 0 Å². The molecule has 0 spiro atoms. The van der Waals surface area contributed by atoms with Crippen molar-refractivity contribution in [2.24, 2.45) is 11.7 Å². The molecule has 0 fully saturated rings. The first kappa shape index (κ1) is 12.1. The SMILES string of the molecule is CC(C)C(O)(CN)c1cccc2ccccc12. The molecule has 2 aromatic carbocycles. The van der Waals surface area contributed by atoms with E-state index in [1.165, 1.54) is 0 Å². The van der Waals surface area contributed by atoms with Gasteiger partial charge in [-0.1, -0.05) is 56.3 Å². The maximum atomic E-state index is 10.7. The predicted octanol–water partition coefficient (Wildman–Crippen LogP) is 2.64. The number of rotatable bonds is 3. The summed E-state index contributed by atoms with van der Waals surface area (Å²) in [5, 5.41) is 13.0. The highest BCUT2D eigenvalue weighted by Gasteiger charge is 2.32. The Morgan fingerprint density at radius 3 is 2.41 bits per heavy atom. The van der Waals surface area contributed by atoms with Crippen LogP contribution in [0.3, 0.4) is 0 Å². The van der Waals surface area contributed by atoms with E-state index in [-0.39, 0.29) is 12.5 Å². The molecule has 0 bridgehead atoms. The molecule has 0 heterocycles. The van der Waals surface area contributed by atoms with Gasteiger partial charge in [-0.25, -0.2) is 0 Å². The van der Waals surface area contributed by atoms with Crippen LogP contribution in [0.2, 0.25) is 0 Å².